The van der Waals surface area contributed by atoms with Gasteiger partial charge in [0.15, 0.2) is 0 Å². The first kappa shape index (κ1) is 17.6. The fraction of sp³-hybridized carbons (Fsp3) is 0.600. The first-order chi connectivity index (χ1) is 10.8. The minimum absolute atomic E-state index is 0. The molecule has 0 bridgehead atoms. The van der Waals surface area contributed by atoms with Gasteiger partial charge in [-0.1, -0.05) is 16.1 Å². The van der Waals surface area contributed by atoms with Crippen LogP contribution in [0.15, 0.2) is 16.8 Å². The molecule has 4 rings (SSSR count). The zero-order chi connectivity index (χ0) is 15.0. The molecule has 2 aromatic heterocycles. The van der Waals surface area contributed by atoms with Gasteiger partial charge >= 0.3 is 0 Å². The Balaban J connectivity index is 0.00000156. The lowest BCUT2D eigenvalue weighted by molar-refractivity contribution is 0.186. The van der Waals surface area contributed by atoms with Crippen molar-refractivity contribution in [2.75, 3.05) is 13.1 Å². The van der Waals surface area contributed by atoms with E-state index in [-0.39, 0.29) is 12.4 Å². The summed E-state index contributed by atoms with van der Waals surface area (Å²) in [5, 5.41) is 12.1. The highest BCUT2D eigenvalue weighted by Gasteiger charge is 2.56. The molecule has 2 aromatic rings. The van der Waals surface area contributed by atoms with Crippen molar-refractivity contribution in [1.29, 1.82) is 0 Å². The summed E-state index contributed by atoms with van der Waals surface area (Å²) in [6.07, 6.45) is 3.90. The molecule has 1 saturated carbocycles. The standard InChI is InChI=1S/C15H19ClN4S2.ClH/c16-14-12(18-19-22-14)9-20(8-11-1-6-21-10-11)13-7-15(13)2-4-17-5-3-15;/h1,6,10,13,17H,2-5,7-9H2;1H. The van der Waals surface area contributed by atoms with Crippen LogP contribution < -0.4 is 5.32 Å². The van der Waals surface area contributed by atoms with Crippen molar-refractivity contribution in [1.82, 2.24) is 19.8 Å². The van der Waals surface area contributed by atoms with Crippen molar-refractivity contribution in [2.45, 2.75) is 38.4 Å². The predicted molar refractivity (Wildman–Crippen MR) is 98.7 cm³/mol. The maximum absolute atomic E-state index is 6.23. The van der Waals surface area contributed by atoms with E-state index in [0.29, 0.717) is 11.5 Å². The highest BCUT2D eigenvalue weighted by molar-refractivity contribution is 7.10. The summed E-state index contributed by atoms with van der Waals surface area (Å²) in [7, 11) is 0. The third-order valence-electron chi connectivity index (χ3n) is 5.01. The van der Waals surface area contributed by atoms with E-state index in [1.54, 1.807) is 11.3 Å². The SMILES string of the molecule is Cl.Clc1snnc1CN(Cc1ccsc1)C1CC12CCNCC2. The number of halogens is 2. The minimum atomic E-state index is 0. The van der Waals surface area contributed by atoms with E-state index < -0.39 is 0 Å². The van der Waals surface area contributed by atoms with Crippen molar-refractivity contribution in [2.24, 2.45) is 5.41 Å². The third-order valence-corrected chi connectivity index (χ3v) is 6.73. The predicted octanol–water partition coefficient (Wildman–Crippen LogP) is 3.82. The molecule has 0 aromatic carbocycles. The average Bonchev–Trinajstić information content (AvgIpc) is 2.90. The van der Waals surface area contributed by atoms with Crippen LogP contribution in [-0.4, -0.2) is 33.6 Å². The molecular formula is C15H20Cl2N4S2. The lowest BCUT2D eigenvalue weighted by Gasteiger charge is -2.29. The monoisotopic (exact) mass is 390 g/mol. The van der Waals surface area contributed by atoms with Gasteiger partial charge in [-0.2, -0.15) is 11.3 Å². The summed E-state index contributed by atoms with van der Waals surface area (Å²) < 4.78 is 4.71. The van der Waals surface area contributed by atoms with E-state index in [4.69, 9.17) is 11.6 Å². The Labute approximate surface area is 155 Å². The van der Waals surface area contributed by atoms with Crippen molar-refractivity contribution in [3.05, 3.63) is 32.4 Å². The number of thiophene rings is 1. The van der Waals surface area contributed by atoms with Crippen LogP contribution in [-0.2, 0) is 13.1 Å². The third kappa shape index (κ3) is 3.72. The number of hydrogen-bond donors (Lipinski definition) is 1. The Morgan fingerprint density at radius 1 is 1.35 bits per heavy atom. The van der Waals surface area contributed by atoms with Gasteiger partial charge in [0.1, 0.15) is 10.0 Å². The second-order valence-electron chi connectivity index (χ2n) is 6.36. The molecule has 23 heavy (non-hydrogen) atoms. The molecule has 1 aliphatic heterocycles. The molecule has 8 heteroatoms. The molecular weight excluding hydrogens is 371 g/mol. The maximum Gasteiger partial charge on any atom is 0.138 e. The number of piperidine rings is 1. The highest BCUT2D eigenvalue weighted by Crippen LogP contribution is 2.56. The quantitative estimate of drug-likeness (QED) is 0.842. The van der Waals surface area contributed by atoms with Crippen molar-refractivity contribution in [3.63, 3.8) is 0 Å². The van der Waals surface area contributed by atoms with Gasteiger partial charge < -0.3 is 5.32 Å². The summed E-state index contributed by atoms with van der Waals surface area (Å²) in [5.74, 6) is 0. The van der Waals surface area contributed by atoms with E-state index in [0.717, 1.165) is 36.2 Å². The van der Waals surface area contributed by atoms with Gasteiger partial charge in [0.05, 0.1) is 0 Å². The molecule has 0 radical (unpaired) electrons. The van der Waals surface area contributed by atoms with Gasteiger partial charge in [-0.15, -0.1) is 17.5 Å². The summed E-state index contributed by atoms with van der Waals surface area (Å²) in [5.41, 5.74) is 2.84. The number of nitrogens with one attached hydrogen (secondary N) is 1. The number of aromatic nitrogens is 2. The first-order valence-electron chi connectivity index (χ1n) is 7.69. The van der Waals surface area contributed by atoms with Crippen molar-refractivity contribution >= 4 is 46.9 Å². The molecule has 1 spiro atoms. The smallest absolute Gasteiger partial charge is 0.138 e. The van der Waals surface area contributed by atoms with Gasteiger partial charge in [0.25, 0.3) is 0 Å². The second kappa shape index (κ2) is 7.33. The lowest BCUT2D eigenvalue weighted by Crippen LogP contribution is -2.35. The summed E-state index contributed by atoms with van der Waals surface area (Å²) in [6.45, 7) is 4.10. The van der Waals surface area contributed by atoms with Crippen LogP contribution in [0, 0.1) is 5.41 Å². The molecule has 2 aliphatic rings. The number of rotatable bonds is 5. The van der Waals surface area contributed by atoms with Crippen molar-refractivity contribution in [3.8, 4) is 0 Å². The van der Waals surface area contributed by atoms with Gasteiger partial charge in [-0.25, -0.2) is 0 Å². The zero-order valence-electron chi connectivity index (χ0n) is 12.7. The van der Waals surface area contributed by atoms with Crippen LogP contribution in [0.5, 0.6) is 0 Å². The van der Waals surface area contributed by atoms with E-state index in [9.17, 15) is 0 Å². The van der Waals surface area contributed by atoms with Crippen LogP contribution in [0.1, 0.15) is 30.5 Å². The molecule has 1 atom stereocenters. The average molecular weight is 391 g/mol. The van der Waals surface area contributed by atoms with Gasteiger partial charge in [0.2, 0.25) is 0 Å². The van der Waals surface area contributed by atoms with Crippen LogP contribution in [0.4, 0.5) is 0 Å². The summed E-state index contributed by atoms with van der Waals surface area (Å²) in [6, 6.07) is 2.88. The van der Waals surface area contributed by atoms with E-state index in [1.165, 1.54) is 36.4 Å². The Bertz CT molecular complexity index is 625. The van der Waals surface area contributed by atoms with Gasteiger partial charge in [-0.05, 0) is 60.2 Å². The molecule has 1 aliphatic carbocycles. The molecule has 3 heterocycles. The first-order valence-corrected chi connectivity index (χ1v) is 9.79. The van der Waals surface area contributed by atoms with Gasteiger partial charge in [-0.3, -0.25) is 4.90 Å². The van der Waals surface area contributed by atoms with E-state index >= 15 is 0 Å². The number of hydrogen-bond acceptors (Lipinski definition) is 6. The fourth-order valence-electron chi connectivity index (χ4n) is 3.68. The largest absolute Gasteiger partial charge is 0.317 e. The highest BCUT2D eigenvalue weighted by atomic mass is 35.5. The molecule has 0 amide bonds. The Kier molecular flexibility index (Phi) is 5.61. The van der Waals surface area contributed by atoms with Crippen LogP contribution >= 0.6 is 46.9 Å². The molecule has 2 fully saturated rings. The minimum Gasteiger partial charge on any atom is -0.317 e. The maximum atomic E-state index is 6.23. The normalized spacial score (nSPS) is 22.3. The van der Waals surface area contributed by atoms with Crippen LogP contribution in [0.3, 0.4) is 0 Å². The molecule has 4 nitrogen and oxygen atoms in total. The van der Waals surface area contributed by atoms with Crippen LogP contribution in [0.2, 0.25) is 4.34 Å². The Morgan fingerprint density at radius 3 is 2.83 bits per heavy atom. The topological polar surface area (TPSA) is 41.1 Å². The zero-order valence-corrected chi connectivity index (χ0v) is 15.9. The van der Waals surface area contributed by atoms with Crippen LogP contribution in [0.25, 0.3) is 0 Å². The number of nitrogens with zero attached hydrogens (tertiary/aromatic N) is 3. The molecule has 1 unspecified atom stereocenters. The lowest BCUT2D eigenvalue weighted by atomic mass is 9.93. The molecule has 126 valence electrons. The fourth-order valence-corrected chi connectivity index (χ4v) is 4.95. The van der Waals surface area contributed by atoms with E-state index in [1.807, 2.05) is 0 Å². The summed E-state index contributed by atoms with van der Waals surface area (Å²) >= 11 is 9.27. The van der Waals surface area contributed by atoms with Gasteiger partial charge in [0, 0.05) is 30.7 Å². The molecule has 1 N–H and O–H groups in total. The Morgan fingerprint density at radius 2 is 2.17 bits per heavy atom. The van der Waals surface area contributed by atoms with E-state index in [2.05, 4.69) is 36.6 Å². The molecule has 1 saturated heterocycles. The Hall–Kier alpha value is -0.240. The summed E-state index contributed by atoms with van der Waals surface area (Å²) in [4.78, 5) is 2.57. The van der Waals surface area contributed by atoms with Crippen molar-refractivity contribution < 1.29 is 0 Å². The second-order valence-corrected chi connectivity index (χ2v) is 8.50.